The molecule has 4 aliphatic heterocycles. The number of hydrogen-bond donors (Lipinski definition) is 0. The summed E-state index contributed by atoms with van der Waals surface area (Å²) in [5, 5.41) is 0. The number of halogens is 1. The molecule has 2 unspecified atom stereocenters. The first-order valence-electron chi connectivity index (χ1n) is 8.98. The van der Waals surface area contributed by atoms with Crippen molar-refractivity contribution in [1.82, 2.24) is 4.90 Å². The number of hydrogen-bond acceptors (Lipinski definition) is 5. The summed E-state index contributed by atoms with van der Waals surface area (Å²) in [6.07, 6.45) is 1.01. The van der Waals surface area contributed by atoms with Gasteiger partial charge in [0, 0.05) is 25.0 Å². The highest BCUT2D eigenvalue weighted by Gasteiger charge is 2.40. The van der Waals surface area contributed by atoms with E-state index in [0.29, 0.717) is 25.5 Å². The van der Waals surface area contributed by atoms with Gasteiger partial charge in [0.2, 0.25) is 13.6 Å². The van der Waals surface area contributed by atoms with E-state index in [1.807, 2.05) is 0 Å². The van der Waals surface area contributed by atoms with E-state index in [1.165, 1.54) is 22.3 Å². The molecule has 26 heavy (non-hydrogen) atoms. The van der Waals surface area contributed by atoms with Gasteiger partial charge >= 0.3 is 0 Å². The number of nitrogens with zero attached hydrogens (tertiary/aromatic N) is 1. The van der Waals surface area contributed by atoms with Crippen LogP contribution in [0.15, 0.2) is 22.7 Å². The summed E-state index contributed by atoms with van der Waals surface area (Å²) in [4.78, 5) is 2.58. The Balaban J connectivity index is 1.50. The standard InChI is InChI=1S/C20H18BrNO4/c1-10-13-5-16-15(23-8-24-16)4-11(13)7-22-3-2-12-14(19(10)22)6-17-20(18(12)21)26-9-25-17/h4-6,10,19H,2-3,7-9H2,1H3. The van der Waals surface area contributed by atoms with Gasteiger partial charge in [-0.25, -0.2) is 0 Å². The maximum atomic E-state index is 5.68. The molecule has 0 N–H and O–H groups in total. The van der Waals surface area contributed by atoms with E-state index in [2.05, 4.69) is 46.0 Å². The third-order valence-electron chi connectivity index (χ3n) is 6.07. The van der Waals surface area contributed by atoms with Crippen molar-refractivity contribution in [2.75, 3.05) is 20.1 Å². The van der Waals surface area contributed by atoms with E-state index < -0.39 is 0 Å². The van der Waals surface area contributed by atoms with Crippen LogP contribution in [0.2, 0.25) is 0 Å². The van der Waals surface area contributed by atoms with Crippen molar-refractivity contribution in [1.29, 1.82) is 0 Å². The van der Waals surface area contributed by atoms with Crippen molar-refractivity contribution in [2.45, 2.75) is 31.8 Å². The molecule has 2 aromatic rings. The summed E-state index contributed by atoms with van der Waals surface area (Å²) in [6, 6.07) is 6.86. The Morgan fingerprint density at radius 1 is 0.962 bits per heavy atom. The molecular weight excluding hydrogens is 398 g/mol. The van der Waals surface area contributed by atoms with Gasteiger partial charge in [-0.1, -0.05) is 6.92 Å². The third kappa shape index (κ3) is 1.94. The summed E-state index contributed by atoms with van der Waals surface area (Å²) in [5.41, 5.74) is 5.41. The minimum atomic E-state index is 0.299. The van der Waals surface area contributed by atoms with Crippen LogP contribution in [0.25, 0.3) is 0 Å². The molecule has 0 spiro atoms. The molecule has 134 valence electrons. The zero-order valence-electron chi connectivity index (χ0n) is 14.4. The van der Waals surface area contributed by atoms with Crippen molar-refractivity contribution < 1.29 is 18.9 Å². The molecule has 4 aliphatic rings. The summed E-state index contributed by atoms with van der Waals surface area (Å²) < 4.78 is 23.6. The average Bonchev–Trinajstić information content (AvgIpc) is 3.28. The maximum absolute atomic E-state index is 5.68. The van der Waals surface area contributed by atoms with E-state index in [9.17, 15) is 0 Å². The summed E-state index contributed by atoms with van der Waals surface area (Å²) in [6.45, 7) is 4.90. The van der Waals surface area contributed by atoms with Gasteiger partial charge in [0.05, 0.1) is 4.47 Å². The molecule has 2 atom stereocenters. The quantitative estimate of drug-likeness (QED) is 0.646. The van der Waals surface area contributed by atoms with Crippen LogP contribution >= 0.6 is 15.9 Å². The molecule has 5 nitrogen and oxygen atoms in total. The molecule has 0 amide bonds. The molecule has 0 saturated carbocycles. The Morgan fingerprint density at radius 2 is 1.69 bits per heavy atom. The summed E-state index contributed by atoms with van der Waals surface area (Å²) in [7, 11) is 0. The lowest BCUT2D eigenvalue weighted by Gasteiger charge is -2.45. The molecule has 2 aromatic carbocycles. The minimum Gasteiger partial charge on any atom is -0.454 e. The van der Waals surface area contributed by atoms with Crippen molar-refractivity contribution in [2.24, 2.45) is 0 Å². The SMILES string of the molecule is CC1c2cc3c(cc2CN2CCc4c(cc5c(c4Br)OCO5)C12)OCO3. The first-order chi connectivity index (χ1) is 12.7. The number of fused-ring (bicyclic) bond motifs is 6. The van der Waals surface area contributed by atoms with Crippen LogP contribution in [-0.4, -0.2) is 25.0 Å². The zero-order chi connectivity index (χ0) is 17.4. The normalized spacial score (nSPS) is 24.8. The van der Waals surface area contributed by atoms with Crippen LogP contribution in [0, 0.1) is 0 Å². The van der Waals surface area contributed by atoms with E-state index in [4.69, 9.17) is 18.9 Å². The fourth-order valence-electron chi connectivity index (χ4n) is 4.88. The monoisotopic (exact) mass is 415 g/mol. The Kier molecular flexibility index (Phi) is 3.09. The minimum absolute atomic E-state index is 0.299. The van der Waals surface area contributed by atoms with Gasteiger partial charge in [-0.2, -0.15) is 0 Å². The number of benzene rings is 2. The Bertz CT molecular complexity index is 944. The van der Waals surface area contributed by atoms with E-state index in [0.717, 1.165) is 47.0 Å². The Hall–Kier alpha value is -1.92. The van der Waals surface area contributed by atoms with Crippen molar-refractivity contribution in [3.63, 3.8) is 0 Å². The molecule has 0 aliphatic carbocycles. The predicted molar refractivity (Wildman–Crippen MR) is 98.1 cm³/mol. The van der Waals surface area contributed by atoms with Crippen LogP contribution in [-0.2, 0) is 13.0 Å². The lowest BCUT2D eigenvalue weighted by Crippen LogP contribution is -2.41. The molecule has 6 heteroatoms. The molecule has 0 bridgehead atoms. The molecule has 6 rings (SSSR count). The van der Waals surface area contributed by atoms with Gasteiger partial charge in [-0.15, -0.1) is 0 Å². The highest BCUT2D eigenvalue weighted by Crippen LogP contribution is 2.53. The van der Waals surface area contributed by atoms with Crippen molar-refractivity contribution in [3.8, 4) is 23.0 Å². The van der Waals surface area contributed by atoms with Gasteiger partial charge in [-0.05, 0) is 62.8 Å². The third-order valence-corrected chi connectivity index (χ3v) is 6.91. The largest absolute Gasteiger partial charge is 0.454 e. The Morgan fingerprint density at radius 3 is 2.58 bits per heavy atom. The second-order valence-electron chi connectivity index (χ2n) is 7.35. The van der Waals surface area contributed by atoms with Gasteiger partial charge in [0.15, 0.2) is 23.0 Å². The second kappa shape index (κ2) is 5.30. The molecular formula is C20H18BrNO4. The number of rotatable bonds is 0. The Labute approximate surface area is 159 Å². The van der Waals surface area contributed by atoms with Gasteiger partial charge in [0.25, 0.3) is 0 Å². The predicted octanol–water partition coefficient (Wildman–Crippen LogP) is 4.12. The smallest absolute Gasteiger partial charge is 0.231 e. The fraction of sp³-hybridized carbons (Fsp3) is 0.400. The van der Waals surface area contributed by atoms with Crippen LogP contribution in [0.1, 0.15) is 41.1 Å². The maximum Gasteiger partial charge on any atom is 0.231 e. The second-order valence-corrected chi connectivity index (χ2v) is 8.14. The first-order valence-corrected chi connectivity index (χ1v) is 9.77. The zero-order valence-corrected chi connectivity index (χ0v) is 16.0. The lowest BCUT2D eigenvalue weighted by atomic mass is 9.77. The molecule has 0 saturated heterocycles. The molecule has 0 aromatic heterocycles. The van der Waals surface area contributed by atoms with E-state index in [1.54, 1.807) is 0 Å². The lowest BCUT2D eigenvalue weighted by molar-refractivity contribution is 0.138. The summed E-state index contributed by atoms with van der Waals surface area (Å²) >= 11 is 3.77. The van der Waals surface area contributed by atoms with Gasteiger partial charge in [-0.3, -0.25) is 4.90 Å². The average molecular weight is 416 g/mol. The van der Waals surface area contributed by atoms with E-state index in [-0.39, 0.29) is 0 Å². The van der Waals surface area contributed by atoms with Crippen LogP contribution < -0.4 is 18.9 Å². The highest BCUT2D eigenvalue weighted by atomic mass is 79.9. The topological polar surface area (TPSA) is 40.2 Å². The highest BCUT2D eigenvalue weighted by molar-refractivity contribution is 9.10. The van der Waals surface area contributed by atoms with E-state index >= 15 is 0 Å². The molecule has 0 fully saturated rings. The number of ether oxygens (including phenoxy) is 4. The van der Waals surface area contributed by atoms with Gasteiger partial charge in [0.1, 0.15) is 0 Å². The van der Waals surface area contributed by atoms with Gasteiger partial charge < -0.3 is 18.9 Å². The summed E-state index contributed by atoms with van der Waals surface area (Å²) in [5.74, 6) is 3.80. The van der Waals surface area contributed by atoms with Crippen LogP contribution in [0.3, 0.4) is 0 Å². The fourth-order valence-corrected chi connectivity index (χ4v) is 5.62. The molecule has 4 heterocycles. The van der Waals surface area contributed by atoms with Crippen molar-refractivity contribution >= 4 is 15.9 Å². The first kappa shape index (κ1) is 15.2. The van der Waals surface area contributed by atoms with Crippen LogP contribution in [0.5, 0.6) is 23.0 Å². The van der Waals surface area contributed by atoms with Crippen LogP contribution in [0.4, 0.5) is 0 Å². The molecule has 0 radical (unpaired) electrons. The van der Waals surface area contributed by atoms with Crippen molar-refractivity contribution in [3.05, 3.63) is 44.9 Å².